The molecule has 0 saturated carbocycles. The minimum absolute atomic E-state index is 0.431. The molecule has 14 heavy (non-hydrogen) atoms. The normalized spacial score (nSPS) is 10.4. The Morgan fingerprint density at radius 2 is 2.14 bits per heavy atom. The molecule has 0 atom stereocenters. The fourth-order valence-corrected chi connectivity index (χ4v) is 1.32. The Kier molecular flexibility index (Phi) is 1.89. The Labute approximate surface area is 79.9 Å². The molecule has 0 amide bonds. The molecular weight excluding hydrogens is 182 g/mol. The van der Waals surface area contributed by atoms with Gasteiger partial charge in [-0.25, -0.2) is 4.79 Å². The fraction of sp³-hybridized carbons (Fsp3) is 0.100. The zero-order valence-corrected chi connectivity index (χ0v) is 7.61. The molecule has 4 nitrogen and oxygen atoms in total. The van der Waals surface area contributed by atoms with Gasteiger partial charge < -0.3 is 14.9 Å². The molecule has 1 aromatic carbocycles. The maximum absolute atomic E-state index is 11.1. The van der Waals surface area contributed by atoms with Crippen molar-refractivity contribution >= 4 is 16.7 Å². The Hall–Kier alpha value is -1.97. The van der Waals surface area contributed by atoms with Crippen molar-refractivity contribution in [1.29, 1.82) is 0 Å². The molecule has 1 aromatic heterocycles. The van der Waals surface area contributed by atoms with E-state index < -0.39 is 5.63 Å². The van der Waals surface area contributed by atoms with E-state index in [2.05, 4.69) is 0 Å². The third-order valence-corrected chi connectivity index (χ3v) is 1.95. The van der Waals surface area contributed by atoms with E-state index in [-0.39, 0.29) is 0 Å². The Bertz CT molecular complexity index is 530. The highest BCUT2D eigenvalue weighted by Gasteiger charge is 2.05. The summed E-state index contributed by atoms with van der Waals surface area (Å²) >= 11 is 0. The highest BCUT2D eigenvalue weighted by atomic mass is 16.5. The first-order valence-electron chi connectivity index (χ1n) is 4.08. The Morgan fingerprint density at radius 1 is 1.36 bits per heavy atom. The quantitative estimate of drug-likeness (QED) is 0.546. The SMILES string of the molecule is COc1cc(=O)oc2ccc(N)cc12. The lowest BCUT2D eigenvalue weighted by molar-refractivity contribution is 0.413. The molecular formula is C10H9NO3. The first-order valence-corrected chi connectivity index (χ1v) is 4.08. The van der Waals surface area contributed by atoms with Crippen LogP contribution in [0.3, 0.4) is 0 Å². The molecule has 0 aliphatic carbocycles. The van der Waals surface area contributed by atoms with Crippen LogP contribution in [0.2, 0.25) is 0 Å². The minimum atomic E-state index is -0.431. The van der Waals surface area contributed by atoms with E-state index in [1.54, 1.807) is 18.2 Å². The van der Waals surface area contributed by atoms with Crippen molar-refractivity contribution in [2.24, 2.45) is 0 Å². The number of nitrogens with two attached hydrogens (primary N) is 1. The third-order valence-electron chi connectivity index (χ3n) is 1.95. The van der Waals surface area contributed by atoms with Gasteiger partial charge in [0.25, 0.3) is 0 Å². The van der Waals surface area contributed by atoms with Gasteiger partial charge in [0, 0.05) is 5.69 Å². The first kappa shape index (κ1) is 8.62. The highest BCUT2D eigenvalue weighted by molar-refractivity contribution is 5.85. The van der Waals surface area contributed by atoms with Crippen molar-refractivity contribution in [3.63, 3.8) is 0 Å². The van der Waals surface area contributed by atoms with E-state index in [9.17, 15) is 4.79 Å². The molecule has 0 bridgehead atoms. The average molecular weight is 191 g/mol. The zero-order valence-electron chi connectivity index (χ0n) is 7.61. The minimum Gasteiger partial charge on any atom is -0.496 e. The zero-order chi connectivity index (χ0) is 10.1. The monoisotopic (exact) mass is 191 g/mol. The van der Waals surface area contributed by atoms with Crippen LogP contribution < -0.4 is 16.1 Å². The molecule has 0 aliphatic rings. The predicted molar refractivity (Wildman–Crippen MR) is 53.4 cm³/mol. The molecule has 4 heteroatoms. The van der Waals surface area contributed by atoms with Crippen LogP contribution in [-0.2, 0) is 0 Å². The molecule has 0 fully saturated rings. The number of benzene rings is 1. The van der Waals surface area contributed by atoms with Gasteiger partial charge in [-0.2, -0.15) is 0 Å². The second-order valence-electron chi connectivity index (χ2n) is 2.89. The Balaban J connectivity index is 2.88. The maximum Gasteiger partial charge on any atom is 0.339 e. The summed E-state index contributed by atoms with van der Waals surface area (Å²) < 4.78 is 10.0. The van der Waals surface area contributed by atoms with Gasteiger partial charge in [-0.3, -0.25) is 0 Å². The second kappa shape index (κ2) is 3.06. The molecule has 2 rings (SSSR count). The average Bonchev–Trinajstić information content (AvgIpc) is 2.17. The number of anilines is 1. The maximum atomic E-state index is 11.1. The van der Waals surface area contributed by atoms with Crippen molar-refractivity contribution in [1.82, 2.24) is 0 Å². The summed E-state index contributed by atoms with van der Waals surface area (Å²) in [5, 5.41) is 0.701. The third kappa shape index (κ3) is 1.31. The highest BCUT2D eigenvalue weighted by Crippen LogP contribution is 2.24. The van der Waals surface area contributed by atoms with Crippen molar-refractivity contribution in [3.05, 3.63) is 34.7 Å². The van der Waals surface area contributed by atoms with E-state index in [0.29, 0.717) is 22.4 Å². The molecule has 2 N–H and O–H groups in total. The second-order valence-corrected chi connectivity index (χ2v) is 2.89. The number of methoxy groups -OCH3 is 1. The summed E-state index contributed by atoms with van der Waals surface area (Å²) in [6.07, 6.45) is 0. The standard InChI is InChI=1S/C10H9NO3/c1-13-9-5-10(12)14-8-3-2-6(11)4-7(8)9/h2-5H,11H2,1H3. The smallest absolute Gasteiger partial charge is 0.339 e. The van der Waals surface area contributed by atoms with Crippen LogP contribution in [0, 0.1) is 0 Å². The van der Waals surface area contributed by atoms with E-state index in [0.717, 1.165) is 0 Å². The molecule has 0 unspecified atom stereocenters. The van der Waals surface area contributed by atoms with Gasteiger partial charge in [0.15, 0.2) is 0 Å². The summed E-state index contributed by atoms with van der Waals surface area (Å²) in [6.45, 7) is 0. The van der Waals surface area contributed by atoms with Crippen LogP contribution in [-0.4, -0.2) is 7.11 Å². The number of fused-ring (bicyclic) bond motifs is 1. The van der Waals surface area contributed by atoms with Gasteiger partial charge in [0.05, 0.1) is 18.6 Å². The van der Waals surface area contributed by atoms with Gasteiger partial charge in [-0.05, 0) is 18.2 Å². The van der Waals surface area contributed by atoms with Crippen LogP contribution in [0.5, 0.6) is 5.75 Å². The molecule has 2 aromatic rings. The van der Waals surface area contributed by atoms with E-state index in [1.165, 1.54) is 13.2 Å². The van der Waals surface area contributed by atoms with Crippen LogP contribution in [0.4, 0.5) is 5.69 Å². The summed E-state index contributed by atoms with van der Waals surface area (Å²) in [6, 6.07) is 6.32. The summed E-state index contributed by atoms with van der Waals surface area (Å²) in [4.78, 5) is 11.1. The lowest BCUT2D eigenvalue weighted by Gasteiger charge is -2.03. The van der Waals surface area contributed by atoms with Crippen molar-refractivity contribution in [2.45, 2.75) is 0 Å². The number of hydrogen-bond acceptors (Lipinski definition) is 4. The lowest BCUT2D eigenvalue weighted by Crippen LogP contribution is -1.99. The van der Waals surface area contributed by atoms with Crippen molar-refractivity contribution < 1.29 is 9.15 Å². The summed E-state index contributed by atoms with van der Waals surface area (Å²) in [5.74, 6) is 0.476. The van der Waals surface area contributed by atoms with Gasteiger partial charge in [0.2, 0.25) is 0 Å². The summed E-state index contributed by atoms with van der Waals surface area (Å²) in [5.41, 5.74) is 6.26. The Morgan fingerprint density at radius 3 is 2.86 bits per heavy atom. The number of hydrogen-bond donors (Lipinski definition) is 1. The van der Waals surface area contributed by atoms with Gasteiger partial charge >= 0.3 is 5.63 Å². The molecule has 0 spiro atoms. The number of nitrogen functional groups attached to an aromatic ring is 1. The fourth-order valence-electron chi connectivity index (χ4n) is 1.32. The molecule has 1 heterocycles. The van der Waals surface area contributed by atoms with Gasteiger partial charge in [-0.1, -0.05) is 0 Å². The van der Waals surface area contributed by atoms with Crippen molar-refractivity contribution in [3.8, 4) is 5.75 Å². The largest absolute Gasteiger partial charge is 0.496 e. The lowest BCUT2D eigenvalue weighted by atomic mass is 10.2. The van der Waals surface area contributed by atoms with Crippen LogP contribution in [0.1, 0.15) is 0 Å². The molecule has 0 aliphatic heterocycles. The predicted octanol–water partition coefficient (Wildman–Crippen LogP) is 1.38. The van der Waals surface area contributed by atoms with Crippen LogP contribution in [0.25, 0.3) is 11.0 Å². The number of rotatable bonds is 1. The van der Waals surface area contributed by atoms with Gasteiger partial charge in [-0.15, -0.1) is 0 Å². The van der Waals surface area contributed by atoms with E-state index in [1.807, 2.05) is 0 Å². The van der Waals surface area contributed by atoms with Crippen LogP contribution in [0.15, 0.2) is 33.5 Å². The topological polar surface area (TPSA) is 65.5 Å². The van der Waals surface area contributed by atoms with Crippen molar-refractivity contribution in [2.75, 3.05) is 12.8 Å². The van der Waals surface area contributed by atoms with Crippen LogP contribution >= 0.6 is 0 Å². The van der Waals surface area contributed by atoms with E-state index in [4.69, 9.17) is 14.9 Å². The molecule has 0 radical (unpaired) electrons. The molecule has 0 saturated heterocycles. The first-order chi connectivity index (χ1) is 6.70. The van der Waals surface area contributed by atoms with Gasteiger partial charge in [0.1, 0.15) is 11.3 Å². The van der Waals surface area contributed by atoms with E-state index >= 15 is 0 Å². The summed E-state index contributed by atoms with van der Waals surface area (Å²) in [7, 11) is 1.50. The number of ether oxygens (including phenoxy) is 1. The molecule has 72 valence electrons.